The van der Waals surface area contributed by atoms with Gasteiger partial charge in [-0.05, 0) is 43.5 Å². The molecule has 0 amide bonds. The highest BCUT2D eigenvalue weighted by atomic mass is 15.5. The first-order valence-electron chi connectivity index (χ1n) is 11.5. The molecule has 8 nitrogen and oxygen atoms in total. The minimum absolute atomic E-state index is 0.601. The van der Waals surface area contributed by atoms with Crippen LogP contribution in [0.4, 0.5) is 5.69 Å². The summed E-state index contributed by atoms with van der Waals surface area (Å²) < 4.78 is 1.91. The lowest BCUT2D eigenvalue weighted by molar-refractivity contribution is 0.363. The van der Waals surface area contributed by atoms with Crippen molar-refractivity contribution >= 4 is 18.2 Å². The first-order valence-corrected chi connectivity index (χ1v) is 11.5. The van der Waals surface area contributed by atoms with Crippen LogP contribution in [0.25, 0.3) is 0 Å². The first-order chi connectivity index (χ1) is 16.7. The van der Waals surface area contributed by atoms with Crippen molar-refractivity contribution in [1.29, 1.82) is 0 Å². The van der Waals surface area contributed by atoms with Crippen LogP contribution in [0, 0.1) is 0 Å². The zero-order valence-electron chi connectivity index (χ0n) is 21.5. The van der Waals surface area contributed by atoms with Crippen molar-refractivity contribution in [3.05, 3.63) is 86.1 Å². The summed E-state index contributed by atoms with van der Waals surface area (Å²) in [6.45, 7) is 18.3. The number of hydrogen-bond acceptors (Lipinski definition) is 6. The number of amidine groups is 1. The van der Waals surface area contributed by atoms with E-state index < -0.39 is 0 Å². The minimum atomic E-state index is 0.601. The van der Waals surface area contributed by atoms with E-state index in [-0.39, 0.29) is 0 Å². The van der Waals surface area contributed by atoms with Crippen molar-refractivity contribution in [2.75, 3.05) is 39.0 Å². The largest absolute Gasteiger partial charge is 0.378 e. The van der Waals surface area contributed by atoms with Gasteiger partial charge < -0.3 is 15.2 Å². The van der Waals surface area contributed by atoms with Gasteiger partial charge in [-0.1, -0.05) is 26.0 Å². The molecule has 1 heterocycles. The summed E-state index contributed by atoms with van der Waals surface area (Å²) in [5.41, 5.74) is 5.28. The first kappa shape index (κ1) is 30.4. The summed E-state index contributed by atoms with van der Waals surface area (Å²) in [6, 6.07) is 10.3. The Morgan fingerprint density at radius 2 is 1.88 bits per heavy atom. The lowest BCUT2D eigenvalue weighted by atomic mass is 10.2. The van der Waals surface area contributed by atoms with Crippen LogP contribution in [-0.4, -0.2) is 66.0 Å². The number of rotatable bonds is 12. The normalized spacial score (nSPS) is 10.8. The lowest BCUT2D eigenvalue weighted by Crippen LogP contribution is -2.32. The number of hydrazine groups is 1. The van der Waals surface area contributed by atoms with Crippen LogP contribution in [0.2, 0.25) is 0 Å². The van der Waals surface area contributed by atoms with E-state index >= 15 is 0 Å². The maximum absolute atomic E-state index is 4.67. The van der Waals surface area contributed by atoms with Crippen molar-refractivity contribution < 1.29 is 0 Å². The molecule has 0 fully saturated rings. The second-order valence-corrected chi connectivity index (χ2v) is 6.50. The van der Waals surface area contributed by atoms with Crippen molar-refractivity contribution in [2.24, 2.45) is 9.98 Å². The summed E-state index contributed by atoms with van der Waals surface area (Å²) >= 11 is 0. The number of nitrogens with zero attached hydrogens (tertiary/aromatic N) is 6. The number of aliphatic imine (C=N–C) groups is 2. The molecule has 0 unspecified atom stereocenters. The van der Waals surface area contributed by atoms with Gasteiger partial charge in [-0.3, -0.25) is 14.7 Å². The molecule has 0 spiro atoms. The summed E-state index contributed by atoms with van der Waals surface area (Å²) in [7, 11) is 3.82. The SMILES string of the molecule is C=C.C=N/C=C\N(C/C=C/N(C)NC)C(CNc1ccc(Cn2cccn2)cc1)=NCC.CC. The molecule has 8 heteroatoms. The number of anilines is 1. The van der Waals surface area contributed by atoms with E-state index in [4.69, 9.17) is 0 Å². The van der Waals surface area contributed by atoms with E-state index in [2.05, 4.69) is 80.9 Å². The molecule has 186 valence electrons. The highest BCUT2D eigenvalue weighted by molar-refractivity contribution is 5.87. The predicted octanol–water partition coefficient (Wildman–Crippen LogP) is 4.64. The third kappa shape index (κ3) is 12.4. The van der Waals surface area contributed by atoms with Gasteiger partial charge in [-0.25, -0.2) is 5.43 Å². The van der Waals surface area contributed by atoms with E-state index in [9.17, 15) is 0 Å². The Bertz CT molecular complexity index is 838. The molecular formula is C26H42N8. The van der Waals surface area contributed by atoms with Crippen LogP contribution in [0.3, 0.4) is 0 Å². The highest BCUT2D eigenvalue weighted by Gasteiger charge is 2.07. The quantitative estimate of drug-likeness (QED) is 0.206. The summed E-state index contributed by atoms with van der Waals surface area (Å²) in [5.74, 6) is 0.926. The highest BCUT2D eigenvalue weighted by Crippen LogP contribution is 2.11. The average molecular weight is 467 g/mol. The molecule has 0 saturated carbocycles. The van der Waals surface area contributed by atoms with Crippen molar-refractivity contribution in [3.8, 4) is 0 Å². The molecular weight excluding hydrogens is 424 g/mol. The van der Waals surface area contributed by atoms with Crippen LogP contribution in [-0.2, 0) is 6.54 Å². The molecule has 2 aromatic rings. The third-order valence-electron chi connectivity index (χ3n) is 4.32. The minimum Gasteiger partial charge on any atom is -0.378 e. The van der Waals surface area contributed by atoms with Gasteiger partial charge in [0, 0.05) is 63.9 Å². The summed E-state index contributed by atoms with van der Waals surface area (Å²) in [5, 5.41) is 9.59. The van der Waals surface area contributed by atoms with Crippen molar-refractivity contribution in [1.82, 2.24) is 25.1 Å². The van der Waals surface area contributed by atoms with Gasteiger partial charge in [0.25, 0.3) is 0 Å². The van der Waals surface area contributed by atoms with Crippen molar-refractivity contribution in [3.63, 3.8) is 0 Å². The fourth-order valence-corrected chi connectivity index (χ4v) is 2.69. The summed E-state index contributed by atoms with van der Waals surface area (Å²) in [4.78, 5) is 10.6. The van der Waals surface area contributed by atoms with Crippen LogP contribution in [0.5, 0.6) is 0 Å². The fourth-order valence-electron chi connectivity index (χ4n) is 2.69. The van der Waals surface area contributed by atoms with Gasteiger partial charge in [0.05, 0.1) is 13.1 Å². The molecule has 2 rings (SSSR count). The van der Waals surface area contributed by atoms with Gasteiger partial charge in [0.15, 0.2) is 0 Å². The van der Waals surface area contributed by atoms with Crippen LogP contribution >= 0.6 is 0 Å². The molecule has 1 aromatic carbocycles. The van der Waals surface area contributed by atoms with Gasteiger partial charge >= 0.3 is 0 Å². The van der Waals surface area contributed by atoms with E-state index in [0.717, 1.165) is 18.1 Å². The Balaban J connectivity index is 0.00000258. The number of hydrogen-bond donors (Lipinski definition) is 2. The Morgan fingerprint density at radius 1 is 1.18 bits per heavy atom. The maximum Gasteiger partial charge on any atom is 0.123 e. The molecule has 0 saturated heterocycles. The standard InChI is InChI=1S/C22H32N8.C2H6.C2H4/c1-5-25-22(29(17-13-23-2)15-7-14-28(4)24-3)18-26-21-10-8-20(9-11-21)19-30-16-6-12-27-30;2*1-2/h6-14,16-17,24,26H,2,5,15,18-19H2,1,3-4H3;1-2H3;1-2H2/b14-7+,17-13-,25-22?;;. The zero-order chi connectivity index (χ0) is 25.6. The lowest BCUT2D eigenvalue weighted by Gasteiger charge is -2.22. The molecule has 0 aliphatic heterocycles. The van der Waals surface area contributed by atoms with Crippen LogP contribution in [0.1, 0.15) is 26.3 Å². The number of aromatic nitrogens is 2. The van der Waals surface area contributed by atoms with E-state index in [1.165, 1.54) is 5.56 Å². The monoisotopic (exact) mass is 466 g/mol. The molecule has 2 N–H and O–H groups in total. The molecule has 0 aliphatic rings. The van der Waals surface area contributed by atoms with E-state index in [0.29, 0.717) is 19.6 Å². The second kappa shape index (κ2) is 20.0. The number of benzene rings is 1. The molecule has 0 bridgehead atoms. The molecule has 1 aromatic heterocycles. The number of nitrogens with one attached hydrogen (secondary N) is 2. The van der Waals surface area contributed by atoms with E-state index in [1.807, 2.05) is 69.2 Å². The molecule has 0 radical (unpaired) electrons. The van der Waals surface area contributed by atoms with Gasteiger partial charge in [0.1, 0.15) is 5.84 Å². The fraction of sp³-hybridized carbons (Fsp3) is 0.346. The molecule has 0 atom stereocenters. The second-order valence-electron chi connectivity index (χ2n) is 6.50. The molecule has 0 aliphatic carbocycles. The third-order valence-corrected chi connectivity index (χ3v) is 4.32. The Hall–Kier alpha value is -3.65. The predicted molar refractivity (Wildman–Crippen MR) is 148 cm³/mol. The Labute approximate surface area is 206 Å². The van der Waals surface area contributed by atoms with Crippen molar-refractivity contribution in [2.45, 2.75) is 27.3 Å². The molecule has 34 heavy (non-hydrogen) atoms. The van der Waals surface area contributed by atoms with Gasteiger partial charge in [0.2, 0.25) is 0 Å². The summed E-state index contributed by atoms with van der Waals surface area (Å²) in [6.07, 6.45) is 11.3. The van der Waals surface area contributed by atoms with Crippen LogP contribution < -0.4 is 10.7 Å². The topological polar surface area (TPSA) is 73.1 Å². The van der Waals surface area contributed by atoms with Gasteiger partial charge in [-0.2, -0.15) is 5.10 Å². The maximum atomic E-state index is 4.67. The van der Waals surface area contributed by atoms with Crippen LogP contribution in [0.15, 0.2) is 90.5 Å². The van der Waals surface area contributed by atoms with E-state index in [1.54, 1.807) is 12.4 Å². The zero-order valence-corrected chi connectivity index (χ0v) is 21.5. The Morgan fingerprint density at radius 3 is 2.44 bits per heavy atom. The smallest absolute Gasteiger partial charge is 0.123 e. The van der Waals surface area contributed by atoms with Gasteiger partial charge in [-0.15, -0.1) is 13.2 Å². The average Bonchev–Trinajstić information content (AvgIpc) is 3.40. The Kier molecular flexibility index (Phi) is 17.8.